The van der Waals surface area contributed by atoms with E-state index in [2.05, 4.69) is 36.8 Å². The Kier molecular flexibility index (Phi) is 5.21. The summed E-state index contributed by atoms with van der Waals surface area (Å²) in [4.78, 5) is 12.0. The van der Waals surface area contributed by atoms with Crippen LogP contribution in [0.25, 0.3) is 0 Å². The third kappa shape index (κ3) is 4.22. The van der Waals surface area contributed by atoms with E-state index in [1.807, 2.05) is 6.92 Å². The van der Waals surface area contributed by atoms with Gasteiger partial charge >= 0.3 is 0 Å². The van der Waals surface area contributed by atoms with Gasteiger partial charge in [-0.2, -0.15) is 0 Å². The zero-order valence-corrected chi connectivity index (χ0v) is 12.9. The number of rotatable bonds is 5. The maximum Gasteiger partial charge on any atom is 0.276 e. The van der Waals surface area contributed by atoms with E-state index in [-0.39, 0.29) is 5.69 Å². The van der Waals surface area contributed by atoms with Crippen molar-refractivity contribution in [3.05, 3.63) is 46.3 Å². The Balaban J connectivity index is 2.04. The predicted molar refractivity (Wildman–Crippen MR) is 82.9 cm³/mol. The fourth-order valence-electron chi connectivity index (χ4n) is 1.57. The molecule has 1 amide bonds. The number of hydrogen-bond donors (Lipinski definition) is 2. The molecule has 7 heteroatoms. The number of amides is 1. The summed E-state index contributed by atoms with van der Waals surface area (Å²) in [5.74, 6) is -0.271. The molecule has 2 N–H and O–H groups in total. The van der Waals surface area contributed by atoms with Crippen molar-refractivity contribution in [3.63, 3.8) is 0 Å². The smallest absolute Gasteiger partial charge is 0.276 e. The molecule has 0 saturated carbocycles. The lowest BCUT2D eigenvalue weighted by Gasteiger charge is -2.06. The molecule has 0 spiro atoms. The molecule has 5 nitrogen and oxygen atoms in total. The Hall–Kier alpha value is -2.02. The Morgan fingerprint density at radius 1 is 1.29 bits per heavy atom. The van der Waals surface area contributed by atoms with E-state index >= 15 is 0 Å². The summed E-state index contributed by atoms with van der Waals surface area (Å²) in [5, 5.41) is 13.4. The largest absolute Gasteiger partial charge is 0.369 e. The lowest BCUT2D eigenvalue weighted by Crippen LogP contribution is -2.15. The number of nitrogens with zero attached hydrogens (tertiary/aromatic N) is 2. The average Bonchev–Trinajstić information content (AvgIpc) is 2.49. The van der Waals surface area contributed by atoms with Crippen molar-refractivity contribution in [3.8, 4) is 0 Å². The van der Waals surface area contributed by atoms with E-state index in [4.69, 9.17) is 0 Å². The van der Waals surface area contributed by atoms with Gasteiger partial charge in [0.2, 0.25) is 0 Å². The van der Waals surface area contributed by atoms with Gasteiger partial charge in [-0.25, -0.2) is 4.39 Å². The van der Waals surface area contributed by atoms with E-state index in [9.17, 15) is 9.18 Å². The Bertz CT molecular complexity index is 633. The number of halogens is 2. The predicted octanol–water partition coefficient (Wildman–Crippen LogP) is 3.45. The van der Waals surface area contributed by atoms with Crippen LogP contribution in [-0.2, 0) is 0 Å². The summed E-state index contributed by atoms with van der Waals surface area (Å²) in [6.45, 7) is 2.83. The number of nitrogens with one attached hydrogen (secondary N) is 2. The third-order valence-corrected chi connectivity index (χ3v) is 3.27. The maximum absolute atomic E-state index is 13.4. The van der Waals surface area contributed by atoms with Gasteiger partial charge in [0.25, 0.3) is 5.91 Å². The molecule has 2 rings (SSSR count). The fourth-order valence-corrected chi connectivity index (χ4v) is 1.82. The van der Waals surface area contributed by atoms with Crippen molar-refractivity contribution in [2.75, 3.05) is 17.2 Å². The maximum atomic E-state index is 13.4. The van der Waals surface area contributed by atoms with Gasteiger partial charge in [0.05, 0.1) is 4.47 Å². The van der Waals surface area contributed by atoms with Gasteiger partial charge in [-0.15, -0.1) is 10.2 Å². The van der Waals surface area contributed by atoms with Crippen LogP contribution in [0.15, 0.2) is 34.8 Å². The first kappa shape index (κ1) is 15.4. The van der Waals surface area contributed by atoms with Crippen LogP contribution < -0.4 is 10.6 Å². The number of carbonyl (C=O) groups is 1. The lowest BCUT2D eigenvalue weighted by atomic mass is 10.3. The highest BCUT2D eigenvalue weighted by Gasteiger charge is 2.10. The van der Waals surface area contributed by atoms with Gasteiger partial charge in [0, 0.05) is 12.2 Å². The van der Waals surface area contributed by atoms with Crippen molar-refractivity contribution in [1.29, 1.82) is 0 Å². The number of aromatic nitrogens is 2. The number of anilines is 2. The molecule has 0 fully saturated rings. The standard InChI is InChI=1S/C14H14BrFN4O/c1-2-7-17-13-6-5-12(19-20-13)14(21)18-9-3-4-10(15)11(16)8-9/h3-6,8H,2,7H2,1H3,(H,17,20)(H,18,21). The van der Waals surface area contributed by atoms with Crippen LogP contribution in [-0.4, -0.2) is 22.6 Å². The Morgan fingerprint density at radius 3 is 2.71 bits per heavy atom. The first-order valence-corrected chi connectivity index (χ1v) is 7.23. The summed E-state index contributed by atoms with van der Waals surface area (Å²) in [5.41, 5.74) is 0.524. The molecule has 0 aliphatic rings. The quantitative estimate of drug-likeness (QED) is 0.864. The van der Waals surface area contributed by atoms with Gasteiger partial charge in [0.1, 0.15) is 11.6 Å². The second-order valence-electron chi connectivity index (χ2n) is 4.31. The van der Waals surface area contributed by atoms with Crippen LogP contribution in [0.3, 0.4) is 0 Å². The van der Waals surface area contributed by atoms with Gasteiger partial charge in [0.15, 0.2) is 5.69 Å². The average molecular weight is 353 g/mol. The molecule has 1 aromatic carbocycles. The van der Waals surface area contributed by atoms with Crippen molar-refractivity contribution in [2.45, 2.75) is 13.3 Å². The lowest BCUT2D eigenvalue weighted by molar-refractivity contribution is 0.102. The van der Waals surface area contributed by atoms with Gasteiger partial charge in [-0.05, 0) is 52.7 Å². The number of hydrogen-bond acceptors (Lipinski definition) is 4. The Labute approximate surface area is 130 Å². The van der Waals surface area contributed by atoms with Gasteiger partial charge < -0.3 is 10.6 Å². The van der Waals surface area contributed by atoms with Gasteiger partial charge in [-0.1, -0.05) is 6.92 Å². The van der Waals surface area contributed by atoms with Crippen LogP contribution in [0.5, 0.6) is 0 Å². The highest BCUT2D eigenvalue weighted by Crippen LogP contribution is 2.19. The summed E-state index contributed by atoms with van der Waals surface area (Å²) in [7, 11) is 0. The Morgan fingerprint density at radius 2 is 2.10 bits per heavy atom. The molecule has 0 atom stereocenters. The van der Waals surface area contributed by atoms with Crippen LogP contribution in [0.4, 0.5) is 15.9 Å². The van der Waals surface area contributed by atoms with E-state index < -0.39 is 11.7 Å². The molecule has 0 bridgehead atoms. The van der Waals surface area contributed by atoms with Crippen LogP contribution in [0.1, 0.15) is 23.8 Å². The molecule has 1 heterocycles. The molecule has 0 radical (unpaired) electrons. The van der Waals surface area contributed by atoms with E-state index in [0.29, 0.717) is 16.0 Å². The fraction of sp³-hybridized carbons (Fsp3) is 0.214. The minimum Gasteiger partial charge on any atom is -0.369 e. The third-order valence-electron chi connectivity index (χ3n) is 2.63. The summed E-state index contributed by atoms with van der Waals surface area (Å²) in [6, 6.07) is 7.59. The molecular weight excluding hydrogens is 339 g/mol. The first-order valence-electron chi connectivity index (χ1n) is 6.44. The molecular formula is C14H14BrFN4O. The van der Waals surface area contributed by atoms with Crippen LogP contribution >= 0.6 is 15.9 Å². The first-order chi connectivity index (χ1) is 10.1. The highest BCUT2D eigenvalue weighted by atomic mass is 79.9. The molecule has 0 aliphatic heterocycles. The van der Waals surface area contributed by atoms with Crippen LogP contribution in [0.2, 0.25) is 0 Å². The molecule has 21 heavy (non-hydrogen) atoms. The van der Waals surface area contributed by atoms with E-state index in [0.717, 1.165) is 13.0 Å². The minimum absolute atomic E-state index is 0.167. The second-order valence-corrected chi connectivity index (χ2v) is 5.17. The molecule has 110 valence electrons. The van der Waals surface area contributed by atoms with E-state index in [1.54, 1.807) is 18.2 Å². The van der Waals surface area contributed by atoms with Crippen LogP contribution in [0, 0.1) is 5.82 Å². The summed E-state index contributed by atoms with van der Waals surface area (Å²) >= 11 is 3.05. The molecule has 0 saturated heterocycles. The number of carbonyl (C=O) groups excluding carboxylic acids is 1. The van der Waals surface area contributed by atoms with Crippen molar-refractivity contribution >= 4 is 33.3 Å². The van der Waals surface area contributed by atoms with Crippen molar-refractivity contribution in [1.82, 2.24) is 10.2 Å². The highest BCUT2D eigenvalue weighted by molar-refractivity contribution is 9.10. The molecule has 0 unspecified atom stereocenters. The van der Waals surface area contributed by atoms with Crippen molar-refractivity contribution < 1.29 is 9.18 Å². The zero-order valence-electron chi connectivity index (χ0n) is 11.4. The second kappa shape index (κ2) is 7.12. The van der Waals surface area contributed by atoms with E-state index in [1.165, 1.54) is 12.1 Å². The summed E-state index contributed by atoms with van der Waals surface area (Å²) in [6.07, 6.45) is 0.971. The SMILES string of the molecule is CCCNc1ccc(C(=O)Nc2ccc(Br)c(F)c2)nn1. The molecule has 1 aromatic heterocycles. The topological polar surface area (TPSA) is 66.9 Å². The number of benzene rings is 1. The van der Waals surface area contributed by atoms with Gasteiger partial charge in [-0.3, -0.25) is 4.79 Å². The molecule has 2 aromatic rings. The summed E-state index contributed by atoms with van der Waals surface area (Å²) < 4.78 is 13.7. The normalized spacial score (nSPS) is 10.2. The minimum atomic E-state index is -0.446. The van der Waals surface area contributed by atoms with Crippen molar-refractivity contribution in [2.24, 2.45) is 0 Å². The zero-order chi connectivity index (χ0) is 15.2. The monoisotopic (exact) mass is 352 g/mol. The molecule has 0 aliphatic carbocycles.